The summed E-state index contributed by atoms with van der Waals surface area (Å²) in [6, 6.07) is 5.69. The van der Waals surface area contributed by atoms with Gasteiger partial charge in [-0.3, -0.25) is 4.72 Å². The maximum atomic E-state index is 11.9. The molecule has 0 aliphatic heterocycles. The summed E-state index contributed by atoms with van der Waals surface area (Å²) in [5, 5.41) is 0. The first kappa shape index (κ1) is 14.3. The fraction of sp³-hybridized carbons (Fsp3) is 0.500. The van der Waals surface area contributed by atoms with Gasteiger partial charge in [-0.2, -0.15) is 0 Å². The van der Waals surface area contributed by atoms with Crippen LogP contribution in [0.5, 0.6) is 0 Å². The maximum Gasteiger partial charge on any atom is 0.233 e. The molecule has 0 fully saturated rings. The number of aryl methyl sites for hydroxylation is 2. The molecule has 0 saturated heterocycles. The van der Waals surface area contributed by atoms with Crippen LogP contribution in [0.2, 0.25) is 0 Å². The Morgan fingerprint density at radius 2 is 2.00 bits per heavy atom. The first-order valence-corrected chi connectivity index (χ1v) is 7.66. The van der Waals surface area contributed by atoms with Crippen LogP contribution in [0.3, 0.4) is 0 Å². The average Bonchev–Trinajstić information content (AvgIpc) is 2.22. The zero-order valence-electron chi connectivity index (χ0n) is 10.3. The van der Waals surface area contributed by atoms with Crippen LogP contribution in [0.1, 0.15) is 18.1 Å². The zero-order chi connectivity index (χ0) is 13.1. The van der Waals surface area contributed by atoms with Crippen molar-refractivity contribution >= 4 is 27.3 Å². The van der Waals surface area contributed by atoms with Crippen molar-refractivity contribution in [2.75, 3.05) is 16.4 Å². The molecule has 0 aliphatic rings. The van der Waals surface area contributed by atoms with Crippen LogP contribution in [0, 0.1) is 19.8 Å². The number of alkyl halides is 1. The molecule has 0 bridgehead atoms. The number of benzene rings is 1. The molecule has 0 saturated carbocycles. The lowest BCUT2D eigenvalue weighted by molar-refractivity contribution is 0.588. The van der Waals surface area contributed by atoms with Crippen LogP contribution in [0.15, 0.2) is 18.2 Å². The quantitative estimate of drug-likeness (QED) is 0.840. The third kappa shape index (κ3) is 4.56. The van der Waals surface area contributed by atoms with E-state index in [4.69, 9.17) is 11.6 Å². The molecule has 0 heterocycles. The number of anilines is 1. The Hall–Kier alpha value is -0.740. The van der Waals surface area contributed by atoms with Crippen LogP contribution >= 0.6 is 11.6 Å². The molecular weight excluding hydrogens is 258 g/mol. The minimum atomic E-state index is -3.32. The molecule has 1 aromatic carbocycles. The van der Waals surface area contributed by atoms with E-state index in [1.807, 2.05) is 39.0 Å². The highest BCUT2D eigenvalue weighted by atomic mass is 35.5. The van der Waals surface area contributed by atoms with Gasteiger partial charge in [0.1, 0.15) is 0 Å². The Balaban J connectivity index is 2.86. The van der Waals surface area contributed by atoms with Gasteiger partial charge in [0.25, 0.3) is 0 Å². The minimum Gasteiger partial charge on any atom is -0.283 e. The third-order valence-corrected chi connectivity index (χ3v) is 4.49. The molecule has 1 rings (SSSR count). The second-order valence-corrected chi connectivity index (χ2v) is 6.54. The lowest BCUT2D eigenvalue weighted by Gasteiger charge is -2.13. The highest BCUT2D eigenvalue weighted by Crippen LogP contribution is 2.18. The number of halogens is 1. The van der Waals surface area contributed by atoms with Gasteiger partial charge in [-0.15, -0.1) is 11.6 Å². The van der Waals surface area contributed by atoms with E-state index in [2.05, 4.69) is 4.72 Å². The normalized spacial score (nSPS) is 13.4. The summed E-state index contributed by atoms with van der Waals surface area (Å²) in [6.07, 6.45) is 0. The molecule has 0 amide bonds. The van der Waals surface area contributed by atoms with Crippen molar-refractivity contribution in [3.8, 4) is 0 Å². The van der Waals surface area contributed by atoms with Gasteiger partial charge in [-0.1, -0.05) is 19.1 Å². The first-order chi connectivity index (χ1) is 7.84. The summed E-state index contributed by atoms with van der Waals surface area (Å²) in [5.74, 6) is 0.330. The Labute approximate surface area is 108 Å². The van der Waals surface area contributed by atoms with E-state index in [-0.39, 0.29) is 11.7 Å². The Morgan fingerprint density at radius 1 is 1.35 bits per heavy atom. The van der Waals surface area contributed by atoms with Gasteiger partial charge < -0.3 is 0 Å². The van der Waals surface area contributed by atoms with Gasteiger partial charge in [0.2, 0.25) is 10.0 Å². The van der Waals surface area contributed by atoms with Crippen LogP contribution in [-0.4, -0.2) is 20.1 Å². The molecule has 3 nitrogen and oxygen atoms in total. The average molecular weight is 276 g/mol. The molecule has 1 unspecified atom stereocenters. The molecule has 96 valence electrons. The maximum absolute atomic E-state index is 11.9. The van der Waals surface area contributed by atoms with Gasteiger partial charge in [0.15, 0.2) is 0 Å². The highest BCUT2D eigenvalue weighted by molar-refractivity contribution is 7.92. The van der Waals surface area contributed by atoms with E-state index >= 15 is 0 Å². The molecule has 0 radical (unpaired) electrons. The van der Waals surface area contributed by atoms with Crippen molar-refractivity contribution in [3.63, 3.8) is 0 Å². The number of sulfonamides is 1. The summed E-state index contributed by atoms with van der Waals surface area (Å²) in [7, 11) is -3.32. The van der Waals surface area contributed by atoms with Crippen LogP contribution in [0.25, 0.3) is 0 Å². The molecule has 0 spiro atoms. The first-order valence-electron chi connectivity index (χ1n) is 5.48. The predicted octanol–water partition coefficient (Wildman–Crippen LogP) is 2.92. The fourth-order valence-electron chi connectivity index (χ4n) is 1.47. The molecule has 0 aromatic heterocycles. The molecule has 5 heteroatoms. The highest BCUT2D eigenvalue weighted by Gasteiger charge is 2.15. The summed E-state index contributed by atoms with van der Waals surface area (Å²) >= 11 is 5.63. The van der Waals surface area contributed by atoms with Crippen molar-refractivity contribution < 1.29 is 8.42 Å². The molecule has 1 N–H and O–H groups in total. The Morgan fingerprint density at radius 3 is 2.59 bits per heavy atom. The van der Waals surface area contributed by atoms with E-state index < -0.39 is 10.0 Å². The van der Waals surface area contributed by atoms with Crippen LogP contribution in [-0.2, 0) is 10.0 Å². The number of hydrogen-bond donors (Lipinski definition) is 1. The van der Waals surface area contributed by atoms with Gasteiger partial charge >= 0.3 is 0 Å². The molecule has 0 aliphatic carbocycles. The Kier molecular flexibility index (Phi) is 4.83. The predicted molar refractivity (Wildman–Crippen MR) is 73.2 cm³/mol. The third-order valence-electron chi connectivity index (χ3n) is 2.43. The van der Waals surface area contributed by atoms with Crippen molar-refractivity contribution in [2.45, 2.75) is 20.8 Å². The Bertz CT molecular complexity index is 485. The van der Waals surface area contributed by atoms with E-state index in [1.165, 1.54) is 0 Å². The van der Waals surface area contributed by atoms with E-state index in [0.29, 0.717) is 11.6 Å². The summed E-state index contributed by atoms with van der Waals surface area (Å²) in [6.45, 7) is 5.62. The van der Waals surface area contributed by atoms with Crippen molar-refractivity contribution in [2.24, 2.45) is 5.92 Å². The monoisotopic (exact) mass is 275 g/mol. The lowest BCUT2D eigenvalue weighted by atomic mass is 10.1. The fourth-order valence-corrected chi connectivity index (χ4v) is 3.22. The largest absolute Gasteiger partial charge is 0.283 e. The van der Waals surface area contributed by atoms with Crippen LogP contribution < -0.4 is 4.72 Å². The van der Waals surface area contributed by atoms with E-state index in [0.717, 1.165) is 11.1 Å². The van der Waals surface area contributed by atoms with Gasteiger partial charge in [-0.05, 0) is 37.0 Å². The second-order valence-electron chi connectivity index (χ2n) is 4.46. The van der Waals surface area contributed by atoms with Crippen molar-refractivity contribution in [1.82, 2.24) is 0 Å². The smallest absolute Gasteiger partial charge is 0.233 e. The molecule has 1 aromatic rings. The number of nitrogens with one attached hydrogen (secondary N) is 1. The number of hydrogen-bond acceptors (Lipinski definition) is 2. The van der Waals surface area contributed by atoms with Crippen molar-refractivity contribution in [1.29, 1.82) is 0 Å². The van der Waals surface area contributed by atoms with E-state index in [9.17, 15) is 8.42 Å². The minimum absolute atomic E-state index is 0.0455. The number of rotatable bonds is 5. The topological polar surface area (TPSA) is 46.2 Å². The van der Waals surface area contributed by atoms with E-state index in [1.54, 1.807) is 0 Å². The summed E-state index contributed by atoms with van der Waals surface area (Å²) < 4.78 is 26.3. The van der Waals surface area contributed by atoms with Gasteiger partial charge in [0, 0.05) is 5.88 Å². The standard InChI is InChI=1S/C12H18ClNO2S/c1-9-4-5-11(3)12(6-9)14-17(15,16)8-10(2)7-13/h4-6,10,14H,7-8H2,1-3H3. The molecule has 1 atom stereocenters. The molecule has 17 heavy (non-hydrogen) atoms. The van der Waals surface area contributed by atoms with Gasteiger partial charge in [-0.25, -0.2) is 8.42 Å². The van der Waals surface area contributed by atoms with Gasteiger partial charge in [0.05, 0.1) is 11.4 Å². The SMILES string of the molecule is Cc1ccc(C)c(NS(=O)(=O)CC(C)CCl)c1. The zero-order valence-corrected chi connectivity index (χ0v) is 11.9. The summed E-state index contributed by atoms with van der Waals surface area (Å²) in [4.78, 5) is 0. The second kappa shape index (κ2) is 5.74. The molecular formula is C12H18ClNO2S. The van der Waals surface area contributed by atoms with Crippen molar-refractivity contribution in [3.05, 3.63) is 29.3 Å². The van der Waals surface area contributed by atoms with Crippen LogP contribution in [0.4, 0.5) is 5.69 Å². The lowest BCUT2D eigenvalue weighted by Crippen LogP contribution is -2.22. The summed E-state index contributed by atoms with van der Waals surface area (Å²) in [5.41, 5.74) is 2.59.